The number of hydrogen-bond acceptors (Lipinski definition) is 3. The second kappa shape index (κ2) is 8.04. The SMILES string of the molecule is C=CCCCN(C)C(=NC)NCc1ccc(C(N)=O)o1. The third kappa shape index (κ3) is 4.79. The zero-order chi connectivity index (χ0) is 15.0. The number of furan rings is 1. The second-order valence-corrected chi connectivity index (χ2v) is 4.38. The van der Waals surface area contributed by atoms with Crippen molar-refractivity contribution in [2.45, 2.75) is 19.4 Å². The lowest BCUT2D eigenvalue weighted by molar-refractivity contribution is 0.0972. The first-order valence-electron chi connectivity index (χ1n) is 6.49. The molecule has 1 rings (SSSR count). The number of nitrogens with zero attached hydrogens (tertiary/aromatic N) is 2. The molecule has 0 unspecified atom stereocenters. The molecule has 0 atom stereocenters. The summed E-state index contributed by atoms with van der Waals surface area (Å²) in [5.74, 6) is 1.00. The van der Waals surface area contributed by atoms with E-state index in [2.05, 4.69) is 16.9 Å². The molecule has 1 amide bonds. The zero-order valence-electron chi connectivity index (χ0n) is 12.1. The first kappa shape index (κ1) is 15.8. The number of rotatable bonds is 7. The Morgan fingerprint density at radius 2 is 2.35 bits per heavy atom. The highest BCUT2D eigenvalue weighted by Crippen LogP contribution is 2.06. The third-order valence-corrected chi connectivity index (χ3v) is 2.80. The molecule has 1 aromatic rings. The van der Waals surface area contributed by atoms with E-state index in [0.29, 0.717) is 12.3 Å². The minimum absolute atomic E-state index is 0.163. The fraction of sp³-hybridized carbons (Fsp3) is 0.429. The van der Waals surface area contributed by atoms with Crippen LogP contribution in [0.2, 0.25) is 0 Å². The predicted molar refractivity (Wildman–Crippen MR) is 79.5 cm³/mol. The van der Waals surface area contributed by atoms with Crippen molar-refractivity contribution in [2.24, 2.45) is 10.7 Å². The monoisotopic (exact) mass is 278 g/mol. The fourth-order valence-electron chi connectivity index (χ4n) is 1.73. The van der Waals surface area contributed by atoms with Gasteiger partial charge in [-0.1, -0.05) is 6.08 Å². The molecule has 6 heteroatoms. The van der Waals surface area contributed by atoms with E-state index in [9.17, 15) is 4.79 Å². The smallest absolute Gasteiger partial charge is 0.284 e. The molecular weight excluding hydrogens is 256 g/mol. The molecule has 0 aliphatic heterocycles. The van der Waals surface area contributed by atoms with Crippen molar-refractivity contribution in [3.8, 4) is 0 Å². The highest BCUT2D eigenvalue weighted by atomic mass is 16.3. The normalized spacial score (nSPS) is 11.2. The molecule has 1 aromatic heterocycles. The Balaban J connectivity index is 2.48. The van der Waals surface area contributed by atoms with E-state index in [1.54, 1.807) is 19.2 Å². The van der Waals surface area contributed by atoms with Gasteiger partial charge >= 0.3 is 0 Å². The van der Waals surface area contributed by atoms with Crippen LogP contribution >= 0.6 is 0 Å². The molecule has 110 valence electrons. The van der Waals surface area contributed by atoms with Gasteiger partial charge < -0.3 is 20.4 Å². The van der Waals surface area contributed by atoms with Gasteiger partial charge in [-0.05, 0) is 25.0 Å². The molecular formula is C14H22N4O2. The second-order valence-electron chi connectivity index (χ2n) is 4.38. The number of hydrogen-bond donors (Lipinski definition) is 2. The van der Waals surface area contributed by atoms with Gasteiger partial charge in [0.1, 0.15) is 5.76 Å². The Kier molecular flexibility index (Phi) is 6.36. The first-order chi connectivity index (χ1) is 9.58. The molecule has 20 heavy (non-hydrogen) atoms. The number of primary amides is 1. The van der Waals surface area contributed by atoms with Crippen molar-refractivity contribution < 1.29 is 9.21 Å². The highest BCUT2D eigenvalue weighted by molar-refractivity contribution is 5.89. The number of allylic oxidation sites excluding steroid dienone is 1. The average molecular weight is 278 g/mol. The van der Waals surface area contributed by atoms with E-state index in [1.807, 2.05) is 18.0 Å². The van der Waals surface area contributed by atoms with Crippen LogP contribution in [-0.4, -0.2) is 37.4 Å². The summed E-state index contributed by atoms with van der Waals surface area (Å²) in [7, 11) is 3.69. The maximum absolute atomic E-state index is 10.9. The van der Waals surface area contributed by atoms with Crippen LogP contribution in [0, 0.1) is 0 Å². The van der Waals surface area contributed by atoms with E-state index in [1.165, 1.54) is 0 Å². The van der Waals surface area contributed by atoms with Gasteiger partial charge in [0.2, 0.25) is 0 Å². The van der Waals surface area contributed by atoms with Crippen molar-refractivity contribution in [1.29, 1.82) is 0 Å². The van der Waals surface area contributed by atoms with E-state index in [0.717, 1.165) is 25.3 Å². The fourth-order valence-corrected chi connectivity index (χ4v) is 1.73. The number of aliphatic imine (C=N–C) groups is 1. The summed E-state index contributed by atoms with van der Waals surface area (Å²) < 4.78 is 5.29. The van der Waals surface area contributed by atoms with Gasteiger partial charge in [0.25, 0.3) is 5.91 Å². The number of nitrogens with two attached hydrogens (primary N) is 1. The Hall–Kier alpha value is -2.24. The van der Waals surface area contributed by atoms with Crippen LogP contribution in [0.4, 0.5) is 0 Å². The minimum atomic E-state index is -0.567. The van der Waals surface area contributed by atoms with Gasteiger partial charge in [-0.15, -0.1) is 6.58 Å². The van der Waals surface area contributed by atoms with Crippen LogP contribution in [0.25, 0.3) is 0 Å². The summed E-state index contributed by atoms with van der Waals surface area (Å²) in [5.41, 5.74) is 5.13. The van der Waals surface area contributed by atoms with Crippen molar-refractivity contribution in [3.05, 3.63) is 36.3 Å². The summed E-state index contributed by atoms with van der Waals surface area (Å²) in [6.07, 6.45) is 3.90. The molecule has 1 heterocycles. The van der Waals surface area contributed by atoms with Crippen LogP contribution < -0.4 is 11.1 Å². The lowest BCUT2D eigenvalue weighted by Gasteiger charge is -2.21. The molecule has 0 saturated heterocycles. The molecule has 0 fully saturated rings. The van der Waals surface area contributed by atoms with Gasteiger partial charge in [0.15, 0.2) is 11.7 Å². The molecule has 0 aliphatic carbocycles. The van der Waals surface area contributed by atoms with E-state index < -0.39 is 5.91 Å². The lowest BCUT2D eigenvalue weighted by Crippen LogP contribution is -2.38. The molecule has 0 aliphatic rings. The number of unbranched alkanes of at least 4 members (excludes halogenated alkanes) is 1. The Labute approximate surface area is 119 Å². The molecule has 0 saturated carbocycles. The van der Waals surface area contributed by atoms with E-state index >= 15 is 0 Å². The topological polar surface area (TPSA) is 83.9 Å². The average Bonchev–Trinajstić information content (AvgIpc) is 2.89. The van der Waals surface area contributed by atoms with Gasteiger partial charge in [-0.3, -0.25) is 9.79 Å². The molecule has 0 spiro atoms. The predicted octanol–water partition coefficient (Wildman–Crippen LogP) is 1.35. The van der Waals surface area contributed by atoms with Gasteiger partial charge in [0.05, 0.1) is 6.54 Å². The molecule has 0 bridgehead atoms. The van der Waals surface area contributed by atoms with Crippen LogP contribution in [-0.2, 0) is 6.54 Å². The van der Waals surface area contributed by atoms with Gasteiger partial charge in [0, 0.05) is 20.6 Å². The van der Waals surface area contributed by atoms with Crippen LogP contribution in [0.15, 0.2) is 34.2 Å². The quantitative estimate of drug-likeness (QED) is 0.341. The number of carbonyl (C=O) groups excluding carboxylic acids is 1. The van der Waals surface area contributed by atoms with E-state index in [4.69, 9.17) is 10.2 Å². The molecule has 6 nitrogen and oxygen atoms in total. The highest BCUT2D eigenvalue weighted by Gasteiger charge is 2.09. The Bertz CT molecular complexity index is 479. The standard InChI is InChI=1S/C14H22N4O2/c1-4-5-6-9-18(3)14(16-2)17-10-11-7-8-12(20-11)13(15)19/h4,7-8H,1,5-6,9-10H2,2-3H3,(H2,15,19)(H,16,17). The largest absolute Gasteiger partial charge is 0.454 e. The van der Waals surface area contributed by atoms with Crippen LogP contribution in [0.3, 0.4) is 0 Å². The molecule has 0 aromatic carbocycles. The molecule has 0 radical (unpaired) electrons. The summed E-state index contributed by atoms with van der Waals surface area (Å²) in [6, 6.07) is 3.29. The van der Waals surface area contributed by atoms with Gasteiger partial charge in [-0.25, -0.2) is 0 Å². The first-order valence-corrected chi connectivity index (χ1v) is 6.49. The van der Waals surface area contributed by atoms with Crippen molar-refractivity contribution in [2.75, 3.05) is 20.6 Å². The van der Waals surface area contributed by atoms with Crippen LogP contribution in [0.1, 0.15) is 29.2 Å². The zero-order valence-corrected chi connectivity index (χ0v) is 12.1. The summed E-state index contributed by atoms with van der Waals surface area (Å²) in [6.45, 7) is 5.04. The van der Waals surface area contributed by atoms with Crippen molar-refractivity contribution in [1.82, 2.24) is 10.2 Å². The number of carbonyl (C=O) groups is 1. The van der Waals surface area contributed by atoms with Crippen molar-refractivity contribution in [3.63, 3.8) is 0 Å². The van der Waals surface area contributed by atoms with Gasteiger partial charge in [-0.2, -0.15) is 0 Å². The number of nitrogens with one attached hydrogen (secondary N) is 1. The lowest BCUT2D eigenvalue weighted by atomic mass is 10.3. The minimum Gasteiger partial charge on any atom is -0.454 e. The molecule has 3 N–H and O–H groups in total. The van der Waals surface area contributed by atoms with Crippen LogP contribution in [0.5, 0.6) is 0 Å². The Morgan fingerprint density at radius 1 is 1.60 bits per heavy atom. The number of guanidine groups is 1. The maximum atomic E-state index is 10.9. The maximum Gasteiger partial charge on any atom is 0.284 e. The Morgan fingerprint density at radius 3 is 2.90 bits per heavy atom. The third-order valence-electron chi connectivity index (χ3n) is 2.80. The summed E-state index contributed by atoms with van der Waals surface area (Å²) in [5, 5.41) is 3.17. The van der Waals surface area contributed by atoms with E-state index in [-0.39, 0.29) is 5.76 Å². The number of amides is 1. The summed E-state index contributed by atoms with van der Waals surface area (Å²) in [4.78, 5) is 17.2. The summed E-state index contributed by atoms with van der Waals surface area (Å²) >= 11 is 0. The van der Waals surface area contributed by atoms with Crippen molar-refractivity contribution >= 4 is 11.9 Å².